The van der Waals surface area contributed by atoms with E-state index in [9.17, 15) is 30.4 Å². The van der Waals surface area contributed by atoms with Gasteiger partial charge in [-0.2, -0.15) is 0 Å². The van der Waals surface area contributed by atoms with E-state index in [0.717, 1.165) is 13.2 Å². The number of ether oxygens (including phenoxy) is 2. The summed E-state index contributed by atoms with van der Waals surface area (Å²) in [4.78, 5) is -0.627. The quantitative estimate of drug-likeness (QED) is 0.489. The van der Waals surface area contributed by atoms with Gasteiger partial charge in [-0.3, -0.25) is 4.72 Å². The summed E-state index contributed by atoms with van der Waals surface area (Å²) < 4.78 is 102. The lowest BCUT2D eigenvalue weighted by Gasteiger charge is -2.14. The zero-order chi connectivity index (χ0) is 18.9. The second kappa shape index (κ2) is 6.75. The second-order valence-electron chi connectivity index (χ2n) is 4.57. The van der Waals surface area contributed by atoms with Gasteiger partial charge < -0.3 is 9.47 Å². The van der Waals surface area contributed by atoms with Gasteiger partial charge in [0.15, 0.2) is 23.3 Å². The Bertz CT molecular complexity index is 904. The van der Waals surface area contributed by atoms with E-state index in [1.807, 2.05) is 0 Å². The first kappa shape index (κ1) is 18.8. The van der Waals surface area contributed by atoms with Gasteiger partial charge >= 0.3 is 0 Å². The molecule has 0 saturated heterocycles. The van der Waals surface area contributed by atoms with Crippen LogP contribution >= 0.6 is 0 Å². The van der Waals surface area contributed by atoms with E-state index in [-0.39, 0.29) is 11.5 Å². The average molecular weight is 383 g/mol. The minimum Gasteiger partial charge on any atom is -0.497 e. The average Bonchev–Trinajstić information content (AvgIpc) is 2.61. The minimum absolute atomic E-state index is 0.0542. The Hall–Kier alpha value is -2.56. The highest BCUT2D eigenvalue weighted by atomic mass is 32.2. The van der Waals surface area contributed by atoms with Gasteiger partial charge in [0.1, 0.15) is 22.1 Å². The summed E-state index contributed by atoms with van der Waals surface area (Å²) in [6, 6.07) is 3.48. The van der Waals surface area contributed by atoms with Crippen LogP contribution in [-0.4, -0.2) is 22.6 Å². The first-order valence-corrected chi connectivity index (χ1v) is 7.88. The molecule has 1 N–H and O–H groups in total. The Morgan fingerprint density at radius 3 is 1.84 bits per heavy atom. The molecule has 2 aromatic carbocycles. The maximum Gasteiger partial charge on any atom is 0.265 e. The van der Waals surface area contributed by atoms with Crippen molar-refractivity contribution >= 4 is 15.7 Å². The molecule has 0 spiro atoms. The fourth-order valence-corrected chi connectivity index (χ4v) is 3.12. The van der Waals surface area contributed by atoms with Crippen LogP contribution in [0.5, 0.6) is 11.5 Å². The molecule has 136 valence electrons. The van der Waals surface area contributed by atoms with Gasteiger partial charge in [-0.15, -0.1) is 0 Å². The number of methoxy groups -OCH3 is 2. The number of anilines is 1. The van der Waals surface area contributed by atoms with Crippen LogP contribution in [0.4, 0.5) is 27.6 Å². The van der Waals surface area contributed by atoms with E-state index in [4.69, 9.17) is 9.47 Å². The number of halogens is 5. The van der Waals surface area contributed by atoms with Gasteiger partial charge in [0.2, 0.25) is 5.82 Å². The molecule has 0 aliphatic rings. The highest BCUT2D eigenvalue weighted by molar-refractivity contribution is 7.92. The maximum absolute atomic E-state index is 13.7. The Labute approximate surface area is 139 Å². The van der Waals surface area contributed by atoms with Gasteiger partial charge in [0.05, 0.1) is 14.2 Å². The third-order valence-electron chi connectivity index (χ3n) is 3.11. The van der Waals surface area contributed by atoms with Crippen molar-refractivity contribution in [3.05, 3.63) is 47.3 Å². The molecule has 11 heteroatoms. The van der Waals surface area contributed by atoms with E-state index in [0.29, 0.717) is 0 Å². The molecule has 5 nitrogen and oxygen atoms in total. The molecule has 0 unspecified atom stereocenters. The fourth-order valence-electron chi connectivity index (χ4n) is 1.88. The van der Waals surface area contributed by atoms with Gasteiger partial charge in [-0.25, -0.2) is 30.4 Å². The highest BCUT2D eigenvalue weighted by Crippen LogP contribution is 2.33. The molecule has 0 saturated carbocycles. The van der Waals surface area contributed by atoms with E-state index in [2.05, 4.69) is 0 Å². The van der Waals surface area contributed by atoms with Crippen LogP contribution in [0, 0.1) is 29.1 Å². The molecule has 0 atom stereocenters. The molecular weight excluding hydrogens is 373 g/mol. The fraction of sp³-hybridized carbons (Fsp3) is 0.143. The van der Waals surface area contributed by atoms with Crippen molar-refractivity contribution in [1.29, 1.82) is 0 Å². The second-order valence-corrected chi connectivity index (χ2v) is 6.22. The molecular formula is C14H10F5NO4S. The van der Waals surface area contributed by atoms with Crippen LogP contribution in [0.15, 0.2) is 23.1 Å². The smallest absolute Gasteiger partial charge is 0.265 e. The largest absolute Gasteiger partial charge is 0.497 e. The van der Waals surface area contributed by atoms with Crippen molar-refractivity contribution in [1.82, 2.24) is 0 Å². The lowest BCUT2D eigenvalue weighted by molar-refractivity contribution is 0.382. The first-order chi connectivity index (χ1) is 11.6. The number of hydrogen-bond acceptors (Lipinski definition) is 4. The topological polar surface area (TPSA) is 64.6 Å². The predicted octanol–water partition coefficient (Wildman–Crippen LogP) is 3.20. The van der Waals surface area contributed by atoms with Crippen molar-refractivity contribution in [3.63, 3.8) is 0 Å². The third-order valence-corrected chi connectivity index (χ3v) is 4.48. The molecule has 2 rings (SSSR count). The molecule has 0 fully saturated rings. The minimum atomic E-state index is -4.77. The number of sulfonamides is 1. The van der Waals surface area contributed by atoms with Gasteiger partial charge in [0.25, 0.3) is 10.0 Å². The molecule has 0 aliphatic heterocycles. The zero-order valence-corrected chi connectivity index (χ0v) is 13.5. The summed E-state index contributed by atoms with van der Waals surface area (Å²) in [6.45, 7) is 0. The standard InChI is InChI=1S/C14H10F5NO4S/c1-23-6-3-4-7(24-2)8(5-6)25(21,22)20-14-12(18)10(16)9(15)11(17)13(14)19/h3-5,20H,1-2H3. The monoisotopic (exact) mass is 383 g/mol. The molecule has 0 amide bonds. The normalized spacial score (nSPS) is 11.3. The molecule has 0 radical (unpaired) electrons. The summed E-state index contributed by atoms with van der Waals surface area (Å²) in [5, 5.41) is 0. The maximum atomic E-state index is 13.7. The van der Waals surface area contributed by atoms with E-state index in [1.165, 1.54) is 24.0 Å². The Morgan fingerprint density at radius 1 is 0.840 bits per heavy atom. The van der Waals surface area contributed by atoms with Crippen molar-refractivity contribution in [2.24, 2.45) is 0 Å². The number of rotatable bonds is 5. The van der Waals surface area contributed by atoms with E-state index in [1.54, 1.807) is 0 Å². The lowest BCUT2D eigenvalue weighted by atomic mass is 10.2. The molecule has 0 heterocycles. The van der Waals surface area contributed by atoms with Gasteiger partial charge in [0, 0.05) is 6.07 Å². The van der Waals surface area contributed by atoms with Crippen LogP contribution in [0.2, 0.25) is 0 Å². The SMILES string of the molecule is COc1ccc(OC)c(S(=O)(=O)Nc2c(F)c(F)c(F)c(F)c2F)c1. The molecule has 25 heavy (non-hydrogen) atoms. The summed E-state index contributed by atoms with van der Waals surface area (Å²) in [6.07, 6.45) is 0. The van der Waals surface area contributed by atoms with Crippen LogP contribution in [0.3, 0.4) is 0 Å². The van der Waals surface area contributed by atoms with Crippen molar-refractivity contribution in [2.75, 3.05) is 18.9 Å². The molecule has 2 aromatic rings. The lowest BCUT2D eigenvalue weighted by Crippen LogP contribution is -2.18. The highest BCUT2D eigenvalue weighted by Gasteiger charge is 2.30. The van der Waals surface area contributed by atoms with Gasteiger partial charge in [-0.1, -0.05) is 0 Å². The Morgan fingerprint density at radius 2 is 1.36 bits per heavy atom. The molecule has 0 aromatic heterocycles. The molecule has 0 bridgehead atoms. The van der Waals surface area contributed by atoms with Crippen molar-refractivity contribution in [2.45, 2.75) is 4.90 Å². The summed E-state index contributed by atoms with van der Waals surface area (Å²) >= 11 is 0. The third kappa shape index (κ3) is 3.31. The summed E-state index contributed by atoms with van der Waals surface area (Å²) in [5.41, 5.74) is -1.71. The number of hydrogen-bond donors (Lipinski definition) is 1. The van der Waals surface area contributed by atoms with Crippen LogP contribution in [0.25, 0.3) is 0 Å². The Balaban J connectivity index is 2.62. The van der Waals surface area contributed by atoms with Crippen molar-refractivity contribution < 1.29 is 39.8 Å². The Kier molecular flexibility index (Phi) is 5.07. The molecule has 0 aliphatic carbocycles. The predicted molar refractivity (Wildman–Crippen MR) is 76.6 cm³/mol. The van der Waals surface area contributed by atoms with E-state index < -0.39 is 49.7 Å². The number of benzene rings is 2. The van der Waals surface area contributed by atoms with Crippen molar-refractivity contribution in [3.8, 4) is 11.5 Å². The first-order valence-electron chi connectivity index (χ1n) is 6.40. The van der Waals surface area contributed by atoms with Crippen LogP contribution < -0.4 is 14.2 Å². The van der Waals surface area contributed by atoms with Crippen LogP contribution in [0.1, 0.15) is 0 Å². The number of nitrogens with one attached hydrogen (secondary N) is 1. The zero-order valence-electron chi connectivity index (χ0n) is 12.7. The van der Waals surface area contributed by atoms with E-state index >= 15 is 0 Å². The van der Waals surface area contributed by atoms with Crippen LogP contribution in [-0.2, 0) is 10.0 Å². The van der Waals surface area contributed by atoms with Gasteiger partial charge in [-0.05, 0) is 12.1 Å². The summed E-state index contributed by atoms with van der Waals surface area (Å²) in [5.74, 6) is -11.8. The summed E-state index contributed by atoms with van der Waals surface area (Å²) in [7, 11) is -2.41.